The first-order chi connectivity index (χ1) is 8.22. The average molecular weight is 242 g/mol. The highest BCUT2D eigenvalue weighted by atomic mass is 28.2. The van der Waals surface area contributed by atoms with Crippen LogP contribution in [0.5, 0.6) is 0 Å². The van der Waals surface area contributed by atoms with Gasteiger partial charge in [0.15, 0.2) is 0 Å². The summed E-state index contributed by atoms with van der Waals surface area (Å²) in [5.74, 6) is 0.710. The van der Waals surface area contributed by atoms with Gasteiger partial charge in [0, 0.05) is 0 Å². The lowest BCUT2D eigenvalue weighted by Crippen LogP contribution is -2.19. The van der Waals surface area contributed by atoms with E-state index in [0.29, 0.717) is 5.92 Å². The molecule has 0 aliphatic heterocycles. The topological polar surface area (TPSA) is 0 Å². The Bertz CT molecular complexity index is 440. The van der Waals surface area contributed by atoms with Crippen LogP contribution in [0, 0.1) is 5.92 Å². The molecule has 1 aliphatic rings. The molecule has 90 valence electrons. The van der Waals surface area contributed by atoms with Crippen molar-refractivity contribution in [2.45, 2.75) is 33.6 Å². The predicted octanol–water partition coefficient (Wildman–Crippen LogP) is 3.13. The molecule has 0 radical (unpaired) electrons. The molecule has 0 saturated carbocycles. The lowest BCUT2D eigenvalue weighted by atomic mass is 9.98. The first-order valence-electron chi connectivity index (χ1n) is 6.66. The maximum absolute atomic E-state index is 2.47. The molecule has 1 unspecified atom stereocenters. The minimum Gasteiger partial charge on any atom is -0.0756 e. The standard InChI is InChI=1S/C16H22Si/c1-4-8-15-12(2)11-16(13(15)3)17-14-9-6-5-7-10-14/h5-7,9-11,13H,4,8,17H2,1-3H3. The average Bonchev–Trinajstić information content (AvgIpc) is 2.59. The molecule has 1 aromatic carbocycles. The molecule has 1 aromatic rings. The van der Waals surface area contributed by atoms with Crippen LogP contribution in [0.3, 0.4) is 0 Å². The molecule has 0 spiro atoms. The molecule has 1 heteroatoms. The maximum Gasteiger partial charge on any atom is 0.0832 e. The fraction of sp³-hybridized carbons (Fsp3) is 0.375. The van der Waals surface area contributed by atoms with Gasteiger partial charge in [-0.15, -0.1) is 0 Å². The number of hydrogen-bond acceptors (Lipinski definition) is 0. The second-order valence-corrected chi connectivity index (χ2v) is 7.05. The summed E-state index contributed by atoms with van der Waals surface area (Å²) in [7, 11) is -0.244. The van der Waals surface area contributed by atoms with Crippen LogP contribution in [0.4, 0.5) is 0 Å². The van der Waals surface area contributed by atoms with E-state index >= 15 is 0 Å². The van der Waals surface area contributed by atoms with Crippen LogP contribution in [0.1, 0.15) is 33.6 Å². The molecule has 1 aliphatic carbocycles. The minimum absolute atomic E-state index is 0.244. The largest absolute Gasteiger partial charge is 0.0832 e. The van der Waals surface area contributed by atoms with Gasteiger partial charge in [0.1, 0.15) is 0 Å². The van der Waals surface area contributed by atoms with E-state index in [9.17, 15) is 0 Å². The lowest BCUT2D eigenvalue weighted by molar-refractivity contribution is 0.757. The fourth-order valence-corrected chi connectivity index (χ4v) is 4.72. The third-order valence-electron chi connectivity index (χ3n) is 3.76. The van der Waals surface area contributed by atoms with E-state index in [0.717, 1.165) is 0 Å². The van der Waals surface area contributed by atoms with Crippen molar-refractivity contribution in [1.29, 1.82) is 0 Å². The minimum atomic E-state index is -0.244. The quantitative estimate of drug-likeness (QED) is 0.712. The summed E-state index contributed by atoms with van der Waals surface area (Å²) in [6, 6.07) is 11.0. The molecule has 0 fully saturated rings. The van der Waals surface area contributed by atoms with Crippen molar-refractivity contribution < 1.29 is 0 Å². The Morgan fingerprint density at radius 2 is 1.88 bits per heavy atom. The third-order valence-corrected chi connectivity index (χ3v) is 5.86. The van der Waals surface area contributed by atoms with E-state index in [1.165, 1.54) is 18.4 Å². The normalized spacial score (nSPS) is 20.4. The van der Waals surface area contributed by atoms with Gasteiger partial charge in [-0.3, -0.25) is 0 Å². The van der Waals surface area contributed by atoms with Gasteiger partial charge in [0.25, 0.3) is 0 Å². The van der Waals surface area contributed by atoms with Crippen LogP contribution in [0.2, 0.25) is 0 Å². The Hall–Kier alpha value is -1.08. The predicted molar refractivity (Wildman–Crippen MR) is 79.5 cm³/mol. The van der Waals surface area contributed by atoms with Crippen molar-refractivity contribution in [3.05, 3.63) is 52.8 Å². The summed E-state index contributed by atoms with van der Waals surface area (Å²) in [4.78, 5) is 0. The zero-order chi connectivity index (χ0) is 12.3. The first kappa shape index (κ1) is 12.4. The molecule has 0 saturated heterocycles. The molecule has 2 rings (SSSR count). The van der Waals surface area contributed by atoms with E-state index in [-0.39, 0.29) is 9.52 Å². The SMILES string of the molecule is CCCC1=C(C)C=C([SiH2]c2ccccc2)C1C. The van der Waals surface area contributed by atoms with E-state index in [1.54, 1.807) is 16.0 Å². The van der Waals surface area contributed by atoms with Gasteiger partial charge in [-0.25, -0.2) is 0 Å². The molecular weight excluding hydrogens is 220 g/mol. The van der Waals surface area contributed by atoms with Gasteiger partial charge in [-0.05, 0) is 19.3 Å². The summed E-state index contributed by atoms with van der Waals surface area (Å²) in [6.07, 6.45) is 5.01. The highest BCUT2D eigenvalue weighted by Crippen LogP contribution is 2.33. The monoisotopic (exact) mass is 242 g/mol. The van der Waals surface area contributed by atoms with Gasteiger partial charge in [-0.2, -0.15) is 0 Å². The van der Waals surface area contributed by atoms with Crippen LogP contribution in [0.25, 0.3) is 0 Å². The third kappa shape index (κ3) is 2.78. The summed E-state index contributed by atoms with van der Waals surface area (Å²) in [5, 5.41) is 3.29. The Morgan fingerprint density at radius 1 is 1.18 bits per heavy atom. The van der Waals surface area contributed by atoms with Gasteiger partial charge >= 0.3 is 0 Å². The Kier molecular flexibility index (Phi) is 4.00. The van der Waals surface area contributed by atoms with E-state index in [2.05, 4.69) is 57.2 Å². The first-order valence-corrected chi connectivity index (χ1v) is 8.07. The Labute approximate surface area is 107 Å². The molecule has 0 heterocycles. The second-order valence-electron chi connectivity index (χ2n) is 5.06. The smallest absolute Gasteiger partial charge is 0.0756 e. The van der Waals surface area contributed by atoms with E-state index in [4.69, 9.17) is 0 Å². The van der Waals surface area contributed by atoms with Crippen molar-refractivity contribution in [2.24, 2.45) is 5.92 Å². The zero-order valence-electron chi connectivity index (χ0n) is 11.2. The number of benzene rings is 1. The molecule has 0 aromatic heterocycles. The van der Waals surface area contributed by atoms with Crippen molar-refractivity contribution in [3.8, 4) is 0 Å². The Balaban J connectivity index is 2.09. The molecule has 0 nitrogen and oxygen atoms in total. The highest BCUT2D eigenvalue weighted by Gasteiger charge is 2.21. The van der Waals surface area contributed by atoms with Crippen LogP contribution in [-0.2, 0) is 0 Å². The summed E-state index contributed by atoms with van der Waals surface area (Å²) < 4.78 is 0. The summed E-state index contributed by atoms with van der Waals surface area (Å²) in [6.45, 7) is 6.96. The highest BCUT2D eigenvalue weighted by molar-refractivity contribution is 6.61. The lowest BCUT2D eigenvalue weighted by Gasteiger charge is -2.14. The molecule has 0 amide bonds. The number of allylic oxidation sites excluding steroid dienone is 4. The van der Waals surface area contributed by atoms with Gasteiger partial charge in [0.2, 0.25) is 0 Å². The molecule has 1 atom stereocenters. The number of rotatable bonds is 4. The van der Waals surface area contributed by atoms with Crippen LogP contribution in [0.15, 0.2) is 52.8 Å². The summed E-state index contributed by atoms with van der Waals surface area (Å²) >= 11 is 0. The second kappa shape index (κ2) is 5.50. The van der Waals surface area contributed by atoms with Crippen LogP contribution in [-0.4, -0.2) is 9.52 Å². The van der Waals surface area contributed by atoms with Crippen LogP contribution >= 0.6 is 0 Å². The zero-order valence-corrected chi connectivity index (χ0v) is 12.6. The van der Waals surface area contributed by atoms with Crippen molar-refractivity contribution in [1.82, 2.24) is 0 Å². The fourth-order valence-electron chi connectivity index (χ4n) is 2.78. The van der Waals surface area contributed by atoms with Crippen molar-refractivity contribution in [2.75, 3.05) is 0 Å². The van der Waals surface area contributed by atoms with Crippen molar-refractivity contribution in [3.63, 3.8) is 0 Å². The summed E-state index contributed by atoms with van der Waals surface area (Å²) in [5.41, 5.74) is 3.23. The van der Waals surface area contributed by atoms with Crippen molar-refractivity contribution >= 4 is 14.7 Å². The molecule has 0 N–H and O–H groups in total. The maximum atomic E-state index is 2.47. The Morgan fingerprint density at radius 3 is 2.53 bits per heavy atom. The van der Waals surface area contributed by atoms with E-state index in [1.807, 2.05) is 0 Å². The number of hydrogen-bond donors (Lipinski definition) is 0. The molecule has 17 heavy (non-hydrogen) atoms. The molecule has 0 bridgehead atoms. The van der Waals surface area contributed by atoms with Gasteiger partial charge < -0.3 is 0 Å². The molecular formula is C16H22Si. The van der Waals surface area contributed by atoms with Gasteiger partial charge in [-0.1, -0.05) is 78.2 Å². The van der Waals surface area contributed by atoms with Gasteiger partial charge in [0.05, 0.1) is 9.52 Å². The van der Waals surface area contributed by atoms with E-state index < -0.39 is 0 Å². The van der Waals surface area contributed by atoms with Crippen LogP contribution < -0.4 is 5.19 Å².